The van der Waals surface area contributed by atoms with Crippen molar-refractivity contribution in [2.24, 2.45) is 5.92 Å². The van der Waals surface area contributed by atoms with Crippen LogP contribution in [0.15, 0.2) is 72.8 Å². The van der Waals surface area contributed by atoms with Gasteiger partial charge in [0.25, 0.3) is 0 Å². The van der Waals surface area contributed by atoms with Gasteiger partial charge in [0.05, 0.1) is 24.5 Å². The molecule has 0 radical (unpaired) electrons. The summed E-state index contributed by atoms with van der Waals surface area (Å²) in [7, 11) is 0. The molecule has 5 nitrogen and oxygen atoms in total. The molecule has 198 valence electrons. The Bertz CT molecular complexity index is 1060. The van der Waals surface area contributed by atoms with E-state index in [2.05, 4.69) is 38.2 Å². The first-order chi connectivity index (χ1) is 18.0. The smallest absolute Gasteiger partial charge is 0.343 e. The predicted octanol–water partition coefficient (Wildman–Crippen LogP) is 8.29. The van der Waals surface area contributed by atoms with Gasteiger partial charge in [-0.05, 0) is 60.4 Å². The number of unbranched alkanes of at least 4 members (excludes halogenated alkanes) is 5. The van der Waals surface area contributed by atoms with Crippen molar-refractivity contribution in [2.75, 3.05) is 18.5 Å². The molecular weight excluding hydrogens is 462 g/mol. The van der Waals surface area contributed by atoms with Gasteiger partial charge in [0, 0.05) is 6.54 Å². The highest BCUT2D eigenvalue weighted by Gasteiger charge is 2.13. The Balaban J connectivity index is 1.57. The van der Waals surface area contributed by atoms with Gasteiger partial charge in [-0.2, -0.15) is 0 Å². The molecule has 0 aliphatic heterocycles. The molecule has 3 rings (SSSR count). The number of nitrogens with one attached hydrogen (secondary N) is 1. The molecule has 0 aliphatic carbocycles. The highest BCUT2D eigenvalue weighted by Crippen LogP contribution is 2.28. The fourth-order valence-corrected chi connectivity index (χ4v) is 3.81. The summed E-state index contributed by atoms with van der Waals surface area (Å²) in [4.78, 5) is 12.7. The van der Waals surface area contributed by atoms with Gasteiger partial charge >= 0.3 is 5.97 Å². The van der Waals surface area contributed by atoms with Gasteiger partial charge in [-0.25, -0.2) is 4.79 Å². The lowest BCUT2D eigenvalue weighted by Gasteiger charge is -2.16. The second kappa shape index (κ2) is 15.6. The third kappa shape index (κ3) is 10.2. The molecule has 0 aromatic heterocycles. The maximum atomic E-state index is 12.7. The lowest BCUT2D eigenvalue weighted by molar-refractivity contribution is 0.0734. The van der Waals surface area contributed by atoms with Crippen LogP contribution in [0.5, 0.6) is 17.2 Å². The number of hydrogen-bond acceptors (Lipinski definition) is 5. The summed E-state index contributed by atoms with van der Waals surface area (Å²) in [6, 6.07) is 22.6. The number of para-hydroxylation sites is 1. The maximum absolute atomic E-state index is 12.7. The van der Waals surface area contributed by atoms with Crippen molar-refractivity contribution in [1.82, 2.24) is 0 Å². The monoisotopic (exact) mass is 503 g/mol. The third-order valence-corrected chi connectivity index (χ3v) is 5.91. The van der Waals surface area contributed by atoms with Gasteiger partial charge in [0.2, 0.25) is 0 Å². The molecule has 0 saturated heterocycles. The molecule has 0 unspecified atom stereocenters. The molecule has 0 heterocycles. The second-order valence-corrected chi connectivity index (χ2v) is 9.73. The van der Waals surface area contributed by atoms with Crippen molar-refractivity contribution in [3.8, 4) is 17.2 Å². The summed E-state index contributed by atoms with van der Waals surface area (Å²) in [5.41, 5.74) is 2.33. The second-order valence-electron chi connectivity index (χ2n) is 9.73. The number of ether oxygens (including phenoxy) is 3. The van der Waals surface area contributed by atoms with Crippen LogP contribution in [0.25, 0.3) is 0 Å². The van der Waals surface area contributed by atoms with Crippen molar-refractivity contribution in [3.63, 3.8) is 0 Å². The zero-order valence-corrected chi connectivity index (χ0v) is 22.5. The molecule has 0 amide bonds. The number of rotatable bonds is 16. The van der Waals surface area contributed by atoms with E-state index in [1.54, 1.807) is 24.3 Å². The average Bonchev–Trinajstić information content (AvgIpc) is 2.91. The lowest BCUT2D eigenvalue weighted by Crippen LogP contribution is -2.11. The molecule has 0 aliphatic rings. The molecular formula is C32H41NO4. The van der Waals surface area contributed by atoms with E-state index in [0.29, 0.717) is 36.1 Å². The minimum absolute atomic E-state index is 0.388. The Morgan fingerprint density at radius 3 is 2.27 bits per heavy atom. The largest absolute Gasteiger partial charge is 0.494 e. The molecule has 3 aromatic rings. The first-order valence-corrected chi connectivity index (χ1v) is 13.5. The molecule has 0 bridgehead atoms. The minimum Gasteiger partial charge on any atom is -0.494 e. The number of carbonyl (C=O) groups is 1. The van der Waals surface area contributed by atoms with E-state index < -0.39 is 5.97 Å². The highest BCUT2D eigenvalue weighted by atomic mass is 16.5. The quantitative estimate of drug-likeness (QED) is 0.121. The van der Waals surface area contributed by atoms with Gasteiger partial charge in [0.1, 0.15) is 17.2 Å². The number of benzene rings is 3. The molecule has 0 spiro atoms. The van der Waals surface area contributed by atoms with Gasteiger partial charge in [-0.1, -0.05) is 83.2 Å². The van der Waals surface area contributed by atoms with Gasteiger partial charge in [-0.3, -0.25) is 0 Å². The Morgan fingerprint density at radius 2 is 1.54 bits per heavy atom. The molecule has 37 heavy (non-hydrogen) atoms. The van der Waals surface area contributed by atoms with Crippen molar-refractivity contribution in [2.45, 2.75) is 65.8 Å². The van der Waals surface area contributed by atoms with Crippen LogP contribution in [0.4, 0.5) is 5.69 Å². The number of anilines is 1. The normalized spacial score (nSPS) is 10.8. The van der Waals surface area contributed by atoms with Crippen molar-refractivity contribution in [3.05, 3.63) is 83.9 Å². The van der Waals surface area contributed by atoms with Crippen LogP contribution in [-0.4, -0.2) is 19.2 Å². The van der Waals surface area contributed by atoms with E-state index in [-0.39, 0.29) is 0 Å². The Hall–Kier alpha value is -3.47. The van der Waals surface area contributed by atoms with E-state index in [1.165, 1.54) is 32.1 Å². The van der Waals surface area contributed by atoms with Crippen LogP contribution >= 0.6 is 0 Å². The zero-order chi connectivity index (χ0) is 26.3. The molecule has 0 fully saturated rings. The Labute approximate surface area is 222 Å². The van der Waals surface area contributed by atoms with E-state index in [1.807, 2.05) is 36.4 Å². The number of carbonyl (C=O) groups excluding carboxylic acids is 1. The van der Waals surface area contributed by atoms with Crippen LogP contribution in [0.3, 0.4) is 0 Å². The molecule has 5 heteroatoms. The van der Waals surface area contributed by atoms with Crippen LogP contribution in [0, 0.1) is 5.92 Å². The summed E-state index contributed by atoms with van der Waals surface area (Å²) in [5.74, 6) is 2.10. The summed E-state index contributed by atoms with van der Waals surface area (Å²) in [6.07, 6.45) is 7.52. The van der Waals surface area contributed by atoms with Crippen LogP contribution < -0.4 is 19.5 Å². The summed E-state index contributed by atoms with van der Waals surface area (Å²) in [5, 5.41) is 3.43. The Morgan fingerprint density at radius 1 is 0.811 bits per heavy atom. The summed E-state index contributed by atoms with van der Waals surface area (Å²) >= 11 is 0. The van der Waals surface area contributed by atoms with Crippen LogP contribution in [0.1, 0.15) is 75.2 Å². The van der Waals surface area contributed by atoms with Gasteiger partial charge in [-0.15, -0.1) is 0 Å². The minimum atomic E-state index is -0.406. The summed E-state index contributed by atoms with van der Waals surface area (Å²) < 4.78 is 17.4. The number of hydrogen-bond donors (Lipinski definition) is 1. The van der Waals surface area contributed by atoms with Crippen molar-refractivity contribution >= 4 is 11.7 Å². The fraction of sp³-hybridized carbons (Fsp3) is 0.406. The lowest BCUT2D eigenvalue weighted by atomic mass is 10.1. The predicted molar refractivity (Wildman–Crippen MR) is 151 cm³/mol. The first-order valence-electron chi connectivity index (χ1n) is 13.5. The number of esters is 1. The molecule has 0 saturated carbocycles. The molecule has 1 N–H and O–H groups in total. The Kier molecular flexibility index (Phi) is 11.9. The highest BCUT2D eigenvalue weighted by molar-refractivity contribution is 5.92. The van der Waals surface area contributed by atoms with Crippen LogP contribution in [0.2, 0.25) is 0 Å². The van der Waals surface area contributed by atoms with Gasteiger partial charge < -0.3 is 19.5 Å². The third-order valence-electron chi connectivity index (χ3n) is 5.91. The van der Waals surface area contributed by atoms with E-state index in [9.17, 15) is 4.79 Å². The van der Waals surface area contributed by atoms with Gasteiger partial charge in [0.15, 0.2) is 0 Å². The standard InChI is InChI=1S/C32H41NO4/c1-4-5-6-7-8-12-21-35-28-18-15-26(16-19-28)23-33-30-22-27(17-20-31(30)36-24-25(2)3)32(34)37-29-13-10-9-11-14-29/h9-11,13-20,22,25,33H,4-8,12,21,23-24H2,1-3H3. The van der Waals surface area contributed by atoms with E-state index in [4.69, 9.17) is 14.2 Å². The van der Waals surface area contributed by atoms with E-state index in [0.717, 1.165) is 30.0 Å². The first kappa shape index (κ1) is 28.1. The van der Waals surface area contributed by atoms with Crippen molar-refractivity contribution < 1.29 is 19.0 Å². The molecule has 0 atom stereocenters. The van der Waals surface area contributed by atoms with Crippen molar-refractivity contribution in [1.29, 1.82) is 0 Å². The average molecular weight is 504 g/mol. The topological polar surface area (TPSA) is 56.8 Å². The SMILES string of the molecule is CCCCCCCCOc1ccc(CNc2cc(C(=O)Oc3ccccc3)ccc2OCC(C)C)cc1. The fourth-order valence-electron chi connectivity index (χ4n) is 3.81. The maximum Gasteiger partial charge on any atom is 0.343 e. The zero-order valence-electron chi connectivity index (χ0n) is 22.5. The summed E-state index contributed by atoms with van der Waals surface area (Å²) in [6.45, 7) is 8.39. The molecule has 3 aromatic carbocycles. The van der Waals surface area contributed by atoms with Crippen LogP contribution in [-0.2, 0) is 6.54 Å². The van der Waals surface area contributed by atoms with E-state index >= 15 is 0 Å².